The minimum Gasteiger partial charge on any atom is -0.0843 e. The van der Waals surface area contributed by atoms with Gasteiger partial charge >= 0.3 is 0 Å². The van der Waals surface area contributed by atoms with Crippen LogP contribution in [0.3, 0.4) is 0 Å². The Hall–Kier alpha value is -1.25. The van der Waals surface area contributed by atoms with Gasteiger partial charge in [0.1, 0.15) is 8.07 Å². The third-order valence-corrected chi connectivity index (χ3v) is 13.6. The second-order valence-electron chi connectivity index (χ2n) is 10.8. The Morgan fingerprint density at radius 2 is 0.763 bits per heavy atom. The molecule has 0 saturated heterocycles. The normalized spacial score (nSPS) is 11.7. The molecule has 0 nitrogen and oxygen atoms in total. The van der Waals surface area contributed by atoms with E-state index < -0.39 is 8.07 Å². The van der Waals surface area contributed by atoms with Crippen LogP contribution in [0.2, 0.25) is 21.1 Å². The molecular formula is C34H45Cl3Si. The summed E-state index contributed by atoms with van der Waals surface area (Å²) in [7, 11) is -2.37. The maximum Gasteiger partial charge on any atom is 0.148 e. The number of hydrogen-bond donors (Lipinski definition) is 0. The molecule has 0 heterocycles. The molecule has 0 aliphatic heterocycles. The van der Waals surface area contributed by atoms with Crippen LogP contribution in [0.1, 0.15) is 96.8 Å². The second-order valence-corrected chi connectivity index (χ2v) is 16.1. The Labute approximate surface area is 248 Å². The van der Waals surface area contributed by atoms with Crippen molar-refractivity contribution < 1.29 is 0 Å². The van der Waals surface area contributed by atoms with Gasteiger partial charge in [-0.2, -0.15) is 0 Å². The van der Waals surface area contributed by atoms with Gasteiger partial charge in [0.15, 0.2) is 0 Å². The molecule has 0 bridgehead atoms. The third-order valence-electron chi connectivity index (χ3n) is 7.86. The summed E-state index contributed by atoms with van der Waals surface area (Å²) in [6, 6.07) is 26.5. The zero-order valence-electron chi connectivity index (χ0n) is 23.2. The molecule has 0 aromatic heterocycles. The molecule has 0 unspecified atom stereocenters. The predicted octanol–water partition coefficient (Wildman–Crippen LogP) is 10.6. The van der Waals surface area contributed by atoms with Crippen LogP contribution in [-0.2, 0) is 0 Å². The van der Waals surface area contributed by atoms with Crippen LogP contribution in [0.5, 0.6) is 0 Å². The maximum absolute atomic E-state index is 6.55. The standard InChI is InChI=1S/C34H45Cl3Si/c1-2-3-4-5-6-7-8-9-10-11-12-13-14-15-25-38(32-22-16-19-29(35)26-32,33-23-17-20-30(36)27-33)34-24-18-21-31(37)28-34/h16-24,26-28H,2-15,25H2,1H3. The minimum atomic E-state index is -2.37. The van der Waals surface area contributed by atoms with E-state index in [2.05, 4.69) is 61.5 Å². The molecule has 206 valence electrons. The fourth-order valence-electron chi connectivity index (χ4n) is 5.78. The van der Waals surface area contributed by atoms with Gasteiger partial charge in [-0.3, -0.25) is 0 Å². The zero-order valence-corrected chi connectivity index (χ0v) is 26.4. The van der Waals surface area contributed by atoms with Crippen LogP contribution in [-0.4, -0.2) is 8.07 Å². The quantitative estimate of drug-likeness (QED) is 0.0788. The second kappa shape index (κ2) is 17.4. The molecule has 4 heteroatoms. The summed E-state index contributed by atoms with van der Waals surface area (Å²) in [5.74, 6) is 0. The van der Waals surface area contributed by atoms with E-state index in [0.717, 1.165) is 21.1 Å². The number of halogens is 3. The summed E-state index contributed by atoms with van der Waals surface area (Å²) >= 11 is 19.7. The predicted molar refractivity (Wildman–Crippen MR) is 174 cm³/mol. The molecule has 0 aliphatic carbocycles. The van der Waals surface area contributed by atoms with Gasteiger partial charge in [0.05, 0.1) is 0 Å². The van der Waals surface area contributed by atoms with Gasteiger partial charge in [-0.25, -0.2) is 0 Å². The molecule has 0 fully saturated rings. The summed E-state index contributed by atoms with van der Waals surface area (Å²) in [4.78, 5) is 0. The van der Waals surface area contributed by atoms with Gasteiger partial charge in [0, 0.05) is 15.1 Å². The van der Waals surface area contributed by atoms with E-state index in [1.807, 2.05) is 18.2 Å². The lowest BCUT2D eigenvalue weighted by Gasteiger charge is -2.34. The van der Waals surface area contributed by atoms with Crippen molar-refractivity contribution in [3.8, 4) is 0 Å². The lowest BCUT2D eigenvalue weighted by Crippen LogP contribution is -2.67. The van der Waals surface area contributed by atoms with E-state index >= 15 is 0 Å². The molecular weight excluding hydrogens is 543 g/mol. The maximum atomic E-state index is 6.55. The van der Waals surface area contributed by atoms with E-state index in [0.29, 0.717) is 0 Å². The fourth-order valence-corrected chi connectivity index (χ4v) is 11.6. The number of rotatable bonds is 18. The number of benzene rings is 3. The zero-order chi connectivity index (χ0) is 27.1. The van der Waals surface area contributed by atoms with E-state index in [1.54, 1.807) is 0 Å². The molecule has 0 spiro atoms. The first-order valence-corrected chi connectivity index (χ1v) is 18.2. The SMILES string of the molecule is CCCCCCCCCCCCCCCC[Si](c1cccc(Cl)c1)(c1cccc(Cl)c1)c1cccc(Cl)c1. The first-order valence-electron chi connectivity index (χ1n) is 14.8. The minimum absolute atomic E-state index is 0.782. The van der Waals surface area contributed by atoms with Gasteiger partial charge in [-0.1, -0.05) is 168 Å². The summed E-state index contributed by atoms with van der Waals surface area (Å²) < 4.78 is 0. The van der Waals surface area contributed by atoms with Gasteiger partial charge < -0.3 is 0 Å². The lowest BCUT2D eigenvalue weighted by atomic mass is 10.0. The summed E-state index contributed by atoms with van der Waals surface area (Å²) in [5.41, 5.74) is 0. The largest absolute Gasteiger partial charge is 0.148 e. The molecule has 0 aliphatic rings. The molecule has 0 amide bonds. The summed E-state index contributed by atoms with van der Waals surface area (Å²) in [5, 5.41) is 6.32. The van der Waals surface area contributed by atoms with Gasteiger partial charge in [0.2, 0.25) is 0 Å². The molecule has 0 radical (unpaired) electrons. The summed E-state index contributed by atoms with van der Waals surface area (Å²) in [6.07, 6.45) is 19.1. The highest BCUT2D eigenvalue weighted by atomic mass is 35.5. The van der Waals surface area contributed by atoms with Crippen molar-refractivity contribution in [2.24, 2.45) is 0 Å². The Morgan fingerprint density at radius 3 is 1.08 bits per heavy atom. The van der Waals surface area contributed by atoms with Gasteiger partial charge in [-0.05, 0) is 58.0 Å². The highest BCUT2D eigenvalue weighted by Gasteiger charge is 2.39. The van der Waals surface area contributed by atoms with Crippen molar-refractivity contribution in [2.45, 2.75) is 103 Å². The van der Waals surface area contributed by atoms with Gasteiger partial charge in [0.25, 0.3) is 0 Å². The lowest BCUT2D eigenvalue weighted by molar-refractivity contribution is 0.538. The van der Waals surface area contributed by atoms with Crippen molar-refractivity contribution in [2.75, 3.05) is 0 Å². The topological polar surface area (TPSA) is 0 Å². The Balaban J connectivity index is 1.61. The molecule has 3 aromatic rings. The average molecular weight is 588 g/mol. The first-order chi connectivity index (χ1) is 18.6. The van der Waals surface area contributed by atoms with E-state index in [-0.39, 0.29) is 0 Å². The molecule has 3 rings (SSSR count). The molecule has 0 atom stereocenters. The molecule has 0 saturated carbocycles. The van der Waals surface area contributed by atoms with E-state index in [9.17, 15) is 0 Å². The van der Waals surface area contributed by atoms with Crippen LogP contribution in [0.25, 0.3) is 0 Å². The van der Waals surface area contributed by atoms with Crippen molar-refractivity contribution in [3.63, 3.8) is 0 Å². The number of hydrogen-bond acceptors (Lipinski definition) is 0. The van der Waals surface area contributed by atoms with Crippen LogP contribution in [0.15, 0.2) is 72.8 Å². The Kier molecular flexibility index (Phi) is 14.4. The van der Waals surface area contributed by atoms with Crippen LogP contribution in [0.4, 0.5) is 0 Å². The smallest absolute Gasteiger partial charge is 0.0843 e. The Morgan fingerprint density at radius 1 is 0.447 bits per heavy atom. The van der Waals surface area contributed by atoms with Crippen molar-refractivity contribution in [1.82, 2.24) is 0 Å². The highest BCUT2D eigenvalue weighted by molar-refractivity contribution is 7.11. The summed E-state index contributed by atoms with van der Waals surface area (Å²) in [6.45, 7) is 2.29. The first kappa shape index (κ1) is 31.3. The molecule has 3 aromatic carbocycles. The van der Waals surface area contributed by atoms with Crippen molar-refractivity contribution in [3.05, 3.63) is 87.9 Å². The van der Waals surface area contributed by atoms with Crippen LogP contribution in [0, 0.1) is 0 Å². The van der Waals surface area contributed by atoms with E-state index in [4.69, 9.17) is 34.8 Å². The Bertz CT molecular complexity index is 970. The molecule has 0 N–H and O–H groups in total. The highest BCUT2D eigenvalue weighted by Crippen LogP contribution is 2.22. The third kappa shape index (κ3) is 9.74. The average Bonchev–Trinajstić information content (AvgIpc) is 2.91. The van der Waals surface area contributed by atoms with Crippen molar-refractivity contribution in [1.29, 1.82) is 0 Å². The van der Waals surface area contributed by atoms with Crippen LogP contribution < -0.4 is 15.6 Å². The van der Waals surface area contributed by atoms with Crippen LogP contribution >= 0.6 is 34.8 Å². The molecule has 38 heavy (non-hydrogen) atoms. The monoisotopic (exact) mass is 586 g/mol. The fraction of sp³-hybridized carbons (Fsp3) is 0.471. The van der Waals surface area contributed by atoms with Gasteiger partial charge in [-0.15, -0.1) is 0 Å². The van der Waals surface area contributed by atoms with E-state index in [1.165, 1.54) is 105 Å². The number of unbranched alkanes of at least 4 members (excludes halogenated alkanes) is 13. The van der Waals surface area contributed by atoms with Crippen molar-refractivity contribution >= 4 is 58.4 Å².